The summed E-state index contributed by atoms with van der Waals surface area (Å²) in [5.41, 5.74) is 9.86. The third-order valence-electron chi connectivity index (χ3n) is 6.57. The van der Waals surface area contributed by atoms with Gasteiger partial charge in [0.25, 0.3) is 5.91 Å². The van der Waals surface area contributed by atoms with Crippen LogP contribution in [0.3, 0.4) is 0 Å². The number of morpholine rings is 1. The predicted molar refractivity (Wildman–Crippen MR) is 137 cm³/mol. The van der Waals surface area contributed by atoms with E-state index in [-0.39, 0.29) is 11.9 Å². The molecule has 1 aliphatic heterocycles. The highest BCUT2D eigenvalue weighted by molar-refractivity contribution is 6.10. The number of hydrogen-bond donors (Lipinski definition) is 2. The van der Waals surface area contributed by atoms with Crippen molar-refractivity contribution in [2.45, 2.75) is 59.0 Å². The highest BCUT2D eigenvalue weighted by Crippen LogP contribution is 2.28. The Balaban J connectivity index is 1.59. The fraction of sp³-hybridized carbons (Fsp3) is 0.577. The van der Waals surface area contributed by atoms with Crippen LogP contribution in [0.4, 0.5) is 5.82 Å². The molecule has 0 unspecified atom stereocenters. The number of nitrogens with zero attached hydrogens (tertiary/aromatic N) is 4. The lowest BCUT2D eigenvalue weighted by atomic mass is 10.0. The van der Waals surface area contributed by atoms with Gasteiger partial charge in [-0.3, -0.25) is 9.69 Å². The highest BCUT2D eigenvalue weighted by atomic mass is 16.5. The summed E-state index contributed by atoms with van der Waals surface area (Å²) >= 11 is 0. The van der Waals surface area contributed by atoms with Gasteiger partial charge in [0, 0.05) is 32.2 Å². The van der Waals surface area contributed by atoms with Gasteiger partial charge >= 0.3 is 0 Å². The van der Waals surface area contributed by atoms with Crippen LogP contribution in [0.25, 0.3) is 22.2 Å². The number of ether oxygens (including phenoxy) is 1. The van der Waals surface area contributed by atoms with Crippen LogP contribution in [-0.2, 0) is 11.3 Å². The molecule has 8 heteroatoms. The van der Waals surface area contributed by atoms with E-state index in [4.69, 9.17) is 20.4 Å². The van der Waals surface area contributed by atoms with Crippen LogP contribution in [0.2, 0.25) is 0 Å². The maximum absolute atomic E-state index is 13.4. The zero-order valence-corrected chi connectivity index (χ0v) is 20.7. The van der Waals surface area contributed by atoms with Crippen LogP contribution in [0.1, 0.15) is 56.8 Å². The maximum Gasteiger partial charge on any atom is 0.257 e. The van der Waals surface area contributed by atoms with Gasteiger partial charge in [-0.2, -0.15) is 0 Å². The average molecular weight is 467 g/mol. The van der Waals surface area contributed by atoms with E-state index < -0.39 is 0 Å². The van der Waals surface area contributed by atoms with E-state index in [1.807, 2.05) is 28.8 Å². The van der Waals surface area contributed by atoms with Gasteiger partial charge < -0.3 is 20.4 Å². The third-order valence-corrected chi connectivity index (χ3v) is 6.57. The summed E-state index contributed by atoms with van der Waals surface area (Å²) in [6, 6.07) is 7.81. The molecule has 1 aliphatic rings. The first-order chi connectivity index (χ1) is 16.4. The van der Waals surface area contributed by atoms with Crippen molar-refractivity contribution in [1.29, 1.82) is 0 Å². The molecule has 3 heterocycles. The molecule has 2 aromatic heterocycles. The third kappa shape index (κ3) is 5.67. The summed E-state index contributed by atoms with van der Waals surface area (Å²) in [6.45, 7) is 11.6. The van der Waals surface area contributed by atoms with E-state index in [9.17, 15) is 4.79 Å². The number of aryl methyl sites for hydroxylation is 1. The lowest BCUT2D eigenvalue weighted by Crippen LogP contribution is -2.37. The summed E-state index contributed by atoms with van der Waals surface area (Å²) in [5, 5.41) is 3.15. The summed E-state index contributed by atoms with van der Waals surface area (Å²) in [7, 11) is 0. The highest BCUT2D eigenvalue weighted by Gasteiger charge is 2.25. The second-order valence-electron chi connectivity index (χ2n) is 9.80. The van der Waals surface area contributed by atoms with E-state index >= 15 is 0 Å². The average Bonchev–Trinajstić information content (AvgIpc) is 3.08. The molecule has 0 saturated carbocycles. The number of anilines is 1. The molecule has 0 radical (unpaired) electrons. The number of nitrogens with one attached hydrogen (secondary N) is 1. The van der Waals surface area contributed by atoms with Gasteiger partial charge in [0.1, 0.15) is 16.9 Å². The lowest BCUT2D eigenvalue weighted by molar-refractivity contribution is 0.0370. The van der Waals surface area contributed by atoms with E-state index in [0.717, 1.165) is 69.6 Å². The zero-order chi connectivity index (χ0) is 24.1. The first-order valence-electron chi connectivity index (χ1n) is 12.6. The first-order valence-corrected chi connectivity index (χ1v) is 12.6. The standard InChI is InChI=1S/C26H38N6O2/c1-18(2)8-6-9-19(3)28-26(33)22-23-25(30-21-11-5-4-10-20(21)29-23)32(24(22)27)13-7-12-31-14-16-34-17-15-31/h4-5,10-11,18-19H,6-9,12-17,27H2,1-3H3,(H,28,33)/t19-/m0/s1. The minimum atomic E-state index is -0.170. The van der Waals surface area contributed by atoms with Gasteiger partial charge in [-0.15, -0.1) is 0 Å². The SMILES string of the molecule is CC(C)CCC[C@H](C)NC(=O)c1c(N)n(CCCN2CCOCC2)c2nc3ccccc3nc12. The molecular weight excluding hydrogens is 428 g/mol. The number of amides is 1. The molecule has 0 bridgehead atoms. The Bertz CT molecular complexity index is 1120. The number of para-hydroxylation sites is 2. The normalized spacial score (nSPS) is 15.9. The van der Waals surface area contributed by atoms with Crippen molar-refractivity contribution in [3.8, 4) is 0 Å². The van der Waals surface area contributed by atoms with Crippen LogP contribution < -0.4 is 11.1 Å². The molecule has 184 valence electrons. The van der Waals surface area contributed by atoms with Gasteiger partial charge in [0.05, 0.1) is 24.2 Å². The van der Waals surface area contributed by atoms with Crippen molar-refractivity contribution in [3.63, 3.8) is 0 Å². The van der Waals surface area contributed by atoms with Crippen LogP contribution in [0, 0.1) is 5.92 Å². The molecule has 3 N–H and O–H groups in total. The molecule has 1 saturated heterocycles. The van der Waals surface area contributed by atoms with Gasteiger partial charge in [0.15, 0.2) is 5.65 Å². The zero-order valence-electron chi connectivity index (χ0n) is 20.7. The Morgan fingerprint density at radius 1 is 1.06 bits per heavy atom. The van der Waals surface area contributed by atoms with Gasteiger partial charge in [0.2, 0.25) is 0 Å². The largest absolute Gasteiger partial charge is 0.384 e. The fourth-order valence-electron chi connectivity index (χ4n) is 4.64. The number of carbonyl (C=O) groups is 1. The van der Waals surface area contributed by atoms with Crippen molar-refractivity contribution in [3.05, 3.63) is 29.8 Å². The lowest BCUT2D eigenvalue weighted by Gasteiger charge is -2.26. The molecule has 4 rings (SSSR count). The van der Waals surface area contributed by atoms with Crippen molar-refractivity contribution in [2.75, 3.05) is 38.6 Å². The van der Waals surface area contributed by atoms with Gasteiger partial charge in [-0.05, 0) is 37.8 Å². The molecule has 1 aromatic carbocycles. The Kier molecular flexibility index (Phi) is 8.00. The number of fused-ring (bicyclic) bond motifs is 2. The Labute approximate surface area is 201 Å². The van der Waals surface area contributed by atoms with Gasteiger partial charge in [-0.1, -0.05) is 38.8 Å². The topological polar surface area (TPSA) is 98.3 Å². The predicted octanol–water partition coefficient (Wildman–Crippen LogP) is 3.83. The maximum atomic E-state index is 13.4. The Morgan fingerprint density at radius 2 is 1.76 bits per heavy atom. The Morgan fingerprint density at radius 3 is 2.47 bits per heavy atom. The van der Waals surface area contributed by atoms with Crippen LogP contribution in [0.15, 0.2) is 24.3 Å². The van der Waals surface area contributed by atoms with E-state index in [1.165, 1.54) is 0 Å². The minimum Gasteiger partial charge on any atom is -0.384 e. The molecule has 1 fully saturated rings. The van der Waals surface area contributed by atoms with E-state index in [1.54, 1.807) is 0 Å². The summed E-state index contributed by atoms with van der Waals surface area (Å²) in [4.78, 5) is 25.4. The summed E-state index contributed by atoms with van der Waals surface area (Å²) < 4.78 is 7.42. The number of nitrogen functional groups attached to an aromatic ring is 1. The van der Waals surface area contributed by atoms with Gasteiger partial charge in [-0.25, -0.2) is 9.97 Å². The number of benzene rings is 1. The molecule has 1 amide bonds. The van der Waals surface area contributed by atoms with E-state index in [0.29, 0.717) is 35.0 Å². The van der Waals surface area contributed by atoms with Crippen molar-refractivity contribution in [1.82, 2.24) is 24.8 Å². The number of rotatable bonds is 10. The Hall–Kier alpha value is -2.71. The number of carbonyl (C=O) groups excluding carboxylic acids is 1. The second kappa shape index (κ2) is 11.1. The number of hydrogen-bond acceptors (Lipinski definition) is 6. The molecular formula is C26H38N6O2. The molecule has 8 nitrogen and oxygen atoms in total. The molecule has 3 aromatic rings. The van der Waals surface area contributed by atoms with Crippen LogP contribution >= 0.6 is 0 Å². The van der Waals surface area contributed by atoms with Crippen LogP contribution in [-0.4, -0.2) is 64.2 Å². The molecule has 1 atom stereocenters. The summed E-state index contributed by atoms with van der Waals surface area (Å²) in [6.07, 6.45) is 4.09. The van der Waals surface area contributed by atoms with Crippen LogP contribution in [0.5, 0.6) is 0 Å². The van der Waals surface area contributed by atoms with Crippen molar-refractivity contribution >= 4 is 33.9 Å². The second-order valence-corrected chi connectivity index (χ2v) is 9.80. The molecule has 0 spiro atoms. The monoisotopic (exact) mass is 466 g/mol. The smallest absolute Gasteiger partial charge is 0.257 e. The summed E-state index contributed by atoms with van der Waals surface area (Å²) in [5.74, 6) is 0.938. The van der Waals surface area contributed by atoms with E-state index in [2.05, 4.69) is 31.0 Å². The molecule has 34 heavy (non-hydrogen) atoms. The minimum absolute atomic E-state index is 0.0683. The fourth-order valence-corrected chi connectivity index (χ4v) is 4.64. The first kappa shape index (κ1) is 24.4. The number of aromatic nitrogens is 3. The van der Waals surface area contributed by atoms with Crippen molar-refractivity contribution < 1.29 is 9.53 Å². The quantitative estimate of drug-likeness (QED) is 0.471. The van der Waals surface area contributed by atoms with Crippen molar-refractivity contribution in [2.24, 2.45) is 5.92 Å². The molecule has 0 aliphatic carbocycles. The number of nitrogens with two attached hydrogens (primary N) is 1.